The van der Waals surface area contributed by atoms with Crippen molar-refractivity contribution in [3.8, 4) is 0 Å². The highest BCUT2D eigenvalue weighted by atomic mass is 19.4. The number of hydrogen-bond acceptors (Lipinski definition) is 4. The molecule has 0 amide bonds. The molecule has 126 valence electrons. The average molecular weight is 311 g/mol. The van der Waals surface area contributed by atoms with E-state index in [2.05, 4.69) is 22.2 Å². The molecule has 1 atom stereocenters. The van der Waals surface area contributed by atoms with Crippen LogP contribution in [-0.2, 0) is 0 Å². The van der Waals surface area contributed by atoms with Crippen LogP contribution >= 0.6 is 0 Å². The van der Waals surface area contributed by atoms with E-state index in [0.29, 0.717) is 18.8 Å². The lowest BCUT2D eigenvalue weighted by molar-refractivity contribution is -0.110. The van der Waals surface area contributed by atoms with Gasteiger partial charge < -0.3 is 5.11 Å². The number of alkyl halides is 3. The zero-order valence-electron chi connectivity index (χ0n) is 13.2. The first kappa shape index (κ1) is 18.7. The first-order chi connectivity index (χ1) is 9.76. The molecule has 0 aromatic carbocycles. The molecule has 4 nitrogen and oxygen atoms in total. The molecule has 1 saturated heterocycles. The molecule has 7 heteroatoms. The van der Waals surface area contributed by atoms with Gasteiger partial charge in [0.15, 0.2) is 0 Å². The highest BCUT2D eigenvalue weighted by molar-refractivity contribution is 4.86. The Labute approximate surface area is 125 Å². The second kappa shape index (κ2) is 8.31. The van der Waals surface area contributed by atoms with E-state index in [0.717, 1.165) is 32.0 Å². The fourth-order valence-corrected chi connectivity index (χ4v) is 2.71. The second-order valence-corrected chi connectivity index (χ2v) is 6.00. The average Bonchev–Trinajstić information content (AvgIpc) is 3.22. The van der Waals surface area contributed by atoms with E-state index in [1.807, 2.05) is 7.05 Å². The standard InChI is InChI=1S/C12H25N3O.C2H3F3/c1-13-12(14(2)11-3-4-11)15-7-5-10(9-16)6-8-15;1-2(3,4)5/h10-13,16H,3-9H2,1-2H3;1H3. The fourth-order valence-electron chi connectivity index (χ4n) is 2.71. The molecule has 2 fully saturated rings. The van der Waals surface area contributed by atoms with E-state index < -0.39 is 6.18 Å². The Bertz CT molecular complexity index is 284. The van der Waals surface area contributed by atoms with Crippen LogP contribution in [-0.4, -0.2) is 67.2 Å². The van der Waals surface area contributed by atoms with Crippen molar-refractivity contribution in [3.05, 3.63) is 0 Å². The van der Waals surface area contributed by atoms with Gasteiger partial charge in [-0.05, 0) is 45.7 Å². The molecular formula is C14H28F3N3O. The molecule has 1 unspecified atom stereocenters. The molecule has 2 N–H and O–H groups in total. The number of aliphatic hydroxyl groups excluding tert-OH is 1. The van der Waals surface area contributed by atoms with Gasteiger partial charge in [0.2, 0.25) is 0 Å². The Balaban J connectivity index is 0.000000383. The molecule has 1 saturated carbocycles. The minimum atomic E-state index is -4.00. The van der Waals surface area contributed by atoms with Gasteiger partial charge in [-0.1, -0.05) is 0 Å². The molecule has 21 heavy (non-hydrogen) atoms. The van der Waals surface area contributed by atoms with E-state index in [4.69, 9.17) is 5.11 Å². The van der Waals surface area contributed by atoms with E-state index in [-0.39, 0.29) is 6.92 Å². The minimum absolute atomic E-state index is 0.188. The van der Waals surface area contributed by atoms with Crippen molar-refractivity contribution in [3.63, 3.8) is 0 Å². The van der Waals surface area contributed by atoms with Crippen molar-refractivity contribution in [1.29, 1.82) is 0 Å². The molecule has 0 spiro atoms. The normalized spacial score (nSPS) is 22.9. The molecule has 0 bridgehead atoms. The van der Waals surface area contributed by atoms with Crippen LogP contribution in [0.3, 0.4) is 0 Å². The third-order valence-electron chi connectivity index (χ3n) is 4.02. The number of piperidine rings is 1. The van der Waals surface area contributed by atoms with Gasteiger partial charge in [-0.15, -0.1) is 0 Å². The van der Waals surface area contributed by atoms with Crippen LogP contribution < -0.4 is 5.32 Å². The third-order valence-corrected chi connectivity index (χ3v) is 4.02. The maximum absolute atomic E-state index is 10.4. The van der Waals surface area contributed by atoms with Gasteiger partial charge in [0.25, 0.3) is 0 Å². The largest absolute Gasteiger partial charge is 0.396 e. The second-order valence-electron chi connectivity index (χ2n) is 6.00. The Morgan fingerprint density at radius 3 is 2.05 bits per heavy atom. The van der Waals surface area contributed by atoms with Crippen LogP contribution in [0.25, 0.3) is 0 Å². The van der Waals surface area contributed by atoms with Gasteiger partial charge in [-0.3, -0.25) is 15.1 Å². The summed E-state index contributed by atoms with van der Waals surface area (Å²) in [5.74, 6) is 0.528. The van der Waals surface area contributed by atoms with Crippen molar-refractivity contribution < 1.29 is 18.3 Å². The number of halogens is 3. The Kier molecular flexibility index (Phi) is 7.39. The molecule has 2 rings (SSSR count). The van der Waals surface area contributed by atoms with E-state index >= 15 is 0 Å². The molecule has 2 aliphatic rings. The summed E-state index contributed by atoms with van der Waals surface area (Å²) >= 11 is 0. The van der Waals surface area contributed by atoms with Crippen LogP contribution in [0.5, 0.6) is 0 Å². The van der Waals surface area contributed by atoms with Crippen LogP contribution in [0.15, 0.2) is 0 Å². The summed E-state index contributed by atoms with van der Waals surface area (Å²) in [6, 6.07) is 0.785. The molecule has 1 aliphatic carbocycles. The zero-order valence-corrected chi connectivity index (χ0v) is 13.2. The van der Waals surface area contributed by atoms with E-state index in [1.165, 1.54) is 12.8 Å². The lowest BCUT2D eigenvalue weighted by Crippen LogP contribution is -2.57. The Hall–Kier alpha value is -0.370. The van der Waals surface area contributed by atoms with Crippen molar-refractivity contribution in [1.82, 2.24) is 15.1 Å². The summed E-state index contributed by atoms with van der Waals surface area (Å²) in [5.41, 5.74) is 0. The monoisotopic (exact) mass is 311 g/mol. The lowest BCUT2D eigenvalue weighted by atomic mass is 9.98. The summed E-state index contributed by atoms with van der Waals surface area (Å²) in [5, 5.41) is 12.6. The van der Waals surface area contributed by atoms with Crippen LogP contribution in [0, 0.1) is 5.92 Å². The molecule has 0 aromatic rings. The maximum atomic E-state index is 10.4. The van der Waals surface area contributed by atoms with E-state index in [1.54, 1.807) is 0 Å². The summed E-state index contributed by atoms with van der Waals surface area (Å²) in [6.07, 6.45) is 1.34. The van der Waals surface area contributed by atoms with Crippen LogP contribution in [0.1, 0.15) is 32.6 Å². The number of rotatable bonds is 5. The summed E-state index contributed by atoms with van der Waals surface area (Å²) in [6.45, 7) is 2.76. The van der Waals surface area contributed by atoms with Crippen LogP contribution in [0.2, 0.25) is 0 Å². The minimum Gasteiger partial charge on any atom is -0.396 e. The van der Waals surface area contributed by atoms with Gasteiger partial charge >= 0.3 is 6.18 Å². The van der Waals surface area contributed by atoms with Gasteiger partial charge in [0.1, 0.15) is 6.29 Å². The van der Waals surface area contributed by atoms with Crippen molar-refractivity contribution in [2.45, 2.75) is 51.1 Å². The molecule has 1 heterocycles. The number of likely N-dealkylation sites (tertiary alicyclic amines) is 1. The fraction of sp³-hybridized carbons (Fsp3) is 1.00. The van der Waals surface area contributed by atoms with Crippen molar-refractivity contribution in [2.24, 2.45) is 5.92 Å². The lowest BCUT2D eigenvalue weighted by Gasteiger charge is -2.41. The summed E-state index contributed by atoms with van der Waals surface area (Å²) in [4.78, 5) is 4.96. The molecule has 0 radical (unpaired) electrons. The zero-order chi connectivity index (χ0) is 16.0. The van der Waals surface area contributed by atoms with Crippen LogP contribution in [0.4, 0.5) is 13.2 Å². The first-order valence-corrected chi connectivity index (χ1v) is 7.57. The predicted octanol–water partition coefficient (Wildman–Crippen LogP) is 1.86. The highest BCUT2D eigenvalue weighted by Crippen LogP contribution is 2.28. The molecule has 1 aliphatic heterocycles. The van der Waals surface area contributed by atoms with Gasteiger partial charge in [0, 0.05) is 32.7 Å². The number of aliphatic hydroxyl groups is 1. The number of nitrogens with zero attached hydrogens (tertiary/aromatic N) is 2. The Morgan fingerprint density at radius 2 is 1.71 bits per heavy atom. The highest BCUT2D eigenvalue weighted by Gasteiger charge is 2.34. The summed E-state index contributed by atoms with van der Waals surface area (Å²) < 4.78 is 31.1. The predicted molar refractivity (Wildman–Crippen MR) is 76.7 cm³/mol. The third kappa shape index (κ3) is 7.44. The summed E-state index contributed by atoms with van der Waals surface area (Å²) in [7, 11) is 4.26. The smallest absolute Gasteiger partial charge is 0.386 e. The quantitative estimate of drug-likeness (QED) is 0.760. The number of nitrogens with one attached hydrogen (secondary N) is 1. The topological polar surface area (TPSA) is 38.7 Å². The molecular weight excluding hydrogens is 283 g/mol. The SMILES string of the molecule is CC(F)(F)F.CNC(N1CCC(CO)CC1)N(C)C1CC1. The number of hydrogen-bond donors (Lipinski definition) is 2. The van der Waals surface area contributed by atoms with Crippen molar-refractivity contribution >= 4 is 0 Å². The van der Waals surface area contributed by atoms with Gasteiger partial charge in [-0.25, -0.2) is 0 Å². The van der Waals surface area contributed by atoms with Crippen molar-refractivity contribution in [2.75, 3.05) is 33.8 Å². The van der Waals surface area contributed by atoms with E-state index in [9.17, 15) is 13.2 Å². The van der Waals surface area contributed by atoms with Gasteiger partial charge in [0.05, 0.1) is 0 Å². The Morgan fingerprint density at radius 1 is 1.24 bits per heavy atom. The first-order valence-electron chi connectivity index (χ1n) is 7.57. The molecule has 0 aromatic heterocycles. The van der Waals surface area contributed by atoms with Gasteiger partial charge in [-0.2, -0.15) is 13.2 Å². The maximum Gasteiger partial charge on any atom is 0.386 e.